The molecule has 2 rings (SSSR count). The first kappa shape index (κ1) is 24.1. The van der Waals surface area contributed by atoms with E-state index >= 15 is 0 Å². The highest BCUT2D eigenvalue weighted by Crippen LogP contribution is 2.22. The fourth-order valence-electron chi connectivity index (χ4n) is 3.43. The van der Waals surface area contributed by atoms with Gasteiger partial charge in [0, 0.05) is 18.5 Å². The van der Waals surface area contributed by atoms with Crippen molar-refractivity contribution in [1.29, 1.82) is 0 Å². The fourth-order valence-corrected chi connectivity index (χ4v) is 4.92. The fraction of sp³-hybridized carbons (Fsp3) is 0.565. The van der Waals surface area contributed by atoms with E-state index in [1.807, 2.05) is 72.7 Å². The number of sulfone groups is 1. The summed E-state index contributed by atoms with van der Waals surface area (Å²) in [5.74, 6) is 0.0613. The van der Waals surface area contributed by atoms with Gasteiger partial charge in [0.1, 0.15) is 0 Å². The highest BCUT2D eigenvalue weighted by atomic mass is 32.2. The summed E-state index contributed by atoms with van der Waals surface area (Å²) < 4.78 is 28.2. The molecule has 0 unspecified atom stereocenters. The highest BCUT2D eigenvalue weighted by molar-refractivity contribution is 7.90. The van der Waals surface area contributed by atoms with Crippen LogP contribution in [0.4, 0.5) is 0 Å². The van der Waals surface area contributed by atoms with Crippen molar-refractivity contribution in [3.05, 3.63) is 47.3 Å². The van der Waals surface area contributed by atoms with Gasteiger partial charge < -0.3 is 9.47 Å². The first-order valence-corrected chi connectivity index (χ1v) is 12.2. The van der Waals surface area contributed by atoms with Gasteiger partial charge in [-0.25, -0.2) is 13.4 Å². The first-order valence-electron chi connectivity index (χ1n) is 10.6. The molecule has 0 atom stereocenters. The number of hydrogen-bond acceptors (Lipinski definition) is 4. The van der Waals surface area contributed by atoms with Crippen LogP contribution in [0.5, 0.6) is 0 Å². The van der Waals surface area contributed by atoms with Gasteiger partial charge in [-0.3, -0.25) is 4.79 Å². The van der Waals surface area contributed by atoms with Crippen LogP contribution >= 0.6 is 0 Å². The maximum Gasteiger partial charge on any atom is 0.228 e. The number of aryl methyl sites for hydroxylation is 1. The Morgan fingerprint density at radius 2 is 1.80 bits per heavy atom. The molecule has 0 bridgehead atoms. The van der Waals surface area contributed by atoms with E-state index < -0.39 is 9.84 Å². The predicted octanol–water partition coefficient (Wildman–Crippen LogP) is 4.21. The van der Waals surface area contributed by atoms with E-state index in [2.05, 4.69) is 4.98 Å². The molecule has 0 radical (unpaired) electrons. The molecule has 1 amide bonds. The van der Waals surface area contributed by atoms with Gasteiger partial charge in [-0.05, 0) is 32.3 Å². The second-order valence-corrected chi connectivity index (χ2v) is 10.9. The minimum atomic E-state index is -3.63. The van der Waals surface area contributed by atoms with Crippen LogP contribution in [0.2, 0.25) is 0 Å². The topological polar surface area (TPSA) is 72.3 Å². The van der Waals surface area contributed by atoms with Crippen LogP contribution in [-0.2, 0) is 33.5 Å². The van der Waals surface area contributed by atoms with Crippen molar-refractivity contribution in [3.63, 3.8) is 0 Å². The Morgan fingerprint density at radius 1 is 1.13 bits per heavy atom. The average molecular weight is 434 g/mol. The number of benzene rings is 1. The monoisotopic (exact) mass is 433 g/mol. The molecule has 2 aromatic rings. The van der Waals surface area contributed by atoms with Gasteiger partial charge in [0.25, 0.3) is 0 Å². The molecule has 1 aromatic heterocycles. The van der Waals surface area contributed by atoms with Crippen molar-refractivity contribution >= 4 is 15.7 Å². The molecule has 0 saturated carbocycles. The van der Waals surface area contributed by atoms with Crippen LogP contribution in [0.25, 0.3) is 0 Å². The number of aromatic nitrogens is 2. The summed E-state index contributed by atoms with van der Waals surface area (Å²) in [6.07, 6.45) is 1.61. The van der Waals surface area contributed by atoms with Crippen LogP contribution < -0.4 is 0 Å². The standard InChI is InChI=1S/C23H35N3O3S/c1-16(2)13-26-21(14-25(18(5)6)22(27)17(3)4)12-24-23(26)30(28,29)15-20-10-8-9-19(7)11-20/h8-12,16-18H,13-15H2,1-7H3. The molecule has 0 saturated heterocycles. The Bertz CT molecular complexity index is 975. The van der Waals surface area contributed by atoms with Crippen molar-refractivity contribution in [2.75, 3.05) is 0 Å². The van der Waals surface area contributed by atoms with Crippen LogP contribution in [0.15, 0.2) is 35.6 Å². The quantitative estimate of drug-likeness (QED) is 0.594. The number of hydrogen-bond donors (Lipinski definition) is 0. The average Bonchev–Trinajstić information content (AvgIpc) is 3.01. The van der Waals surface area contributed by atoms with Gasteiger partial charge in [-0.2, -0.15) is 0 Å². The summed E-state index contributed by atoms with van der Waals surface area (Å²) in [6.45, 7) is 14.6. The normalized spacial score (nSPS) is 12.2. The summed E-state index contributed by atoms with van der Waals surface area (Å²) in [7, 11) is -3.63. The molecule has 0 N–H and O–H groups in total. The SMILES string of the molecule is Cc1cccc(CS(=O)(=O)c2ncc(CN(C(=O)C(C)C)C(C)C)n2CC(C)C)c1. The Morgan fingerprint density at radius 3 is 2.33 bits per heavy atom. The molecule has 30 heavy (non-hydrogen) atoms. The molecular weight excluding hydrogens is 398 g/mol. The predicted molar refractivity (Wildman–Crippen MR) is 120 cm³/mol. The molecule has 0 spiro atoms. The van der Waals surface area contributed by atoms with E-state index in [-0.39, 0.29) is 34.7 Å². The zero-order valence-electron chi connectivity index (χ0n) is 19.2. The Kier molecular flexibility index (Phi) is 7.86. The summed E-state index contributed by atoms with van der Waals surface area (Å²) in [5.41, 5.74) is 2.51. The van der Waals surface area contributed by atoms with Gasteiger partial charge in [0.05, 0.1) is 24.2 Å². The van der Waals surface area contributed by atoms with Gasteiger partial charge >= 0.3 is 0 Å². The van der Waals surface area contributed by atoms with Crippen molar-refractivity contribution in [3.8, 4) is 0 Å². The molecule has 0 aliphatic carbocycles. The smallest absolute Gasteiger partial charge is 0.228 e. The summed E-state index contributed by atoms with van der Waals surface area (Å²) >= 11 is 0. The summed E-state index contributed by atoms with van der Waals surface area (Å²) in [4.78, 5) is 18.8. The minimum Gasteiger partial charge on any atom is -0.334 e. The van der Waals surface area contributed by atoms with Gasteiger partial charge in [0.2, 0.25) is 20.9 Å². The first-order chi connectivity index (χ1) is 13.9. The van der Waals surface area contributed by atoms with E-state index in [1.165, 1.54) is 0 Å². The van der Waals surface area contributed by atoms with Gasteiger partial charge in [-0.1, -0.05) is 57.5 Å². The van der Waals surface area contributed by atoms with E-state index in [0.717, 1.165) is 16.8 Å². The molecule has 6 nitrogen and oxygen atoms in total. The number of rotatable bonds is 9. The van der Waals surface area contributed by atoms with Crippen molar-refractivity contribution in [2.45, 2.75) is 78.5 Å². The van der Waals surface area contributed by atoms with Crippen LogP contribution in [-0.4, -0.2) is 34.8 Å². The van der Waals surface area contributed by atoms with E-state index in [1.54, 1.807) is 15.7 Å². The number of carbonyl (C=O) groups is 1. The Hall–Kier alpha value is -2.15. The third-order valence-electron chi connectivity index (χ3n) is 4.90. The van der Waals surface area contributed by atoms with Gasteiger partial charge in [0.15, 0.2) is 0 Å². The summed E-state index contributed by atoms with van der Waals surface area (Å²) in [6, 6.07) is 7.53. The third-order valence-corrected chi connectivity index (χ3v) is 6.49. The number of imidazole rings is 1. The van der Waals surface area contributed by atoms with Crippen LogP contribution in [0, 0.1) is 18.8 Å². The number of amides is 1. The highest BCUT2D eigenvalue weighted by Gasteiger charge is 2.27. The van der Waals surface area contributed by atoms with Crippen molar-refractivity contribution < 1.29 is 13.2 Å². The lowest BCUT2D eigenvalue weighted by atomic mass is 10.1. The van der Waals surface area contributed by atoms with Gasteiger partial charge in [-0.15, -0.1) is 0 Å². The molecule has 0 fully saturated rings. The maximum absolute atomic E-state index is 13.2. The van der Waals surface area contributed by atoms with E-state index in [0.29, 0.717) is 13.1 Å². The zero-order chi connectivity index (χ0) is 22.6. The maximum atomic E-state index is 13.2. The molecule has 166 valence electrons. The third kappa shape index (κ3) is 5.94. The van der Waals surface area contributed by atoms with Crippen LogP contribution in [0.3, 0.4) is 0 Å². The van der Waals surface area contributed by atoms with Crippen LogP contribution in [0.1, 0.15) is 58.4 Å². The molecule has 1 heterocycles. The Labute approximate surface area is 181 Å². The number of nitrogens with zero attached hydrogens (tertiary/aromatic N) is 3. The van der Waals surface area contributed by atoms with E-state index in [9.17, 15) is 13.2 Å². The molecule has 7 heteroatoms. The molecule has 1 aromatic carbocycles. The van der Waals surface area contributed by atoms with Crippen molar-refractivity contribution in [1.82, 2.24) is 14.5 Å². The molecule has 0 aliphatic heterocycles. The lowest BCUT2D eigenvalue weighted by Crippen LogP contribution is -2.39. The lowest BCUT2D eigenvalue weighted by molar-refractivity contribution is -0.137. The number of carbonyl (C=O) groups excluding carboxylic acids is 1. The molecular formula is C23H35N3O3S. The molecule has 0 aliphatic rings. The minimum absolute atomic E-state index is 0.00894. The Balaban J connectivity index is 2.44. The second kappa shape index (κ2) is 9.77. The largest absolute Gasteiger partial charge is 0.334 e. The van der Waals surface area contributed by atoms with Crippen molar-refractivity contribution in [2.24, 2.45) is 11.8 Å². The lowest BCUT2D eigenvalue weighted by Gasteiger charge is -2.29. The second-order valence-electron chi connectivity index (χ2n) is 9.00. The van der Waals surface area contributed by atoms with E-state index in [4.69, 9.17) is 0 Å². The zero-order valence-corrected chi connectivity index (χ0v) is 20.0. The summed E-state index contributed by atoms with van der Waals surface area (Å²) in [5, 5.41) is 0.0772.